The van der Waals surface area contributed by atoms with Gasteiger partial charge in [0.2, 0.25) is 0 Å². The summed E-state index contributed by atoms with van der Waals surface area (Å²) in [6, 6.07) is 3.98. The lowest BCUT2D eigenvalue weighted by Crippen LogP contribution is -2.53. The minimum atomic E-state index is 0.126. The first-order valence-corrected chi connectivity index (χ1v) is 8.39. The van der Waals surface area contributed by atoms with Gasteiger partial charge in [0, 0.05) is 31.2 Å². The van der Waals surface area contributed by atoms with E-state index in [1.54, 1.807) is 0 Å². The topological polar surface area (TPSA) is 67.6 Å². The second-order valence-corrected chi connectivity index (χ2v) is 6.91. The van der Waals surface area contributed by atoms with Crippen molar-refractivity contribution in [3.05, 3.63) is 18.0 Å². The summed E-state index contributed by atoms with van der Waals surface area (Å²) in [4.78, 5) is 2.31. The number of rotatable bonds is 5. The van der Waals surface area contributed by atoms with Crippen LogP contribution >= 0.6 is 0 Å². The average molecular weight is 316 g/mol. The van der Waals surface area contributed by atoms with Crippen LogP contribution in [0.5, 0.6) is 0 Å². The monoisotopic (exact) mass is 316 g/mol. The van der Waals surface area contributed by atoms with Gasteiger partial charge in [0.1, 0.15) is 5.82 Å². The maximum atomic E-state index is 5.53. The summed E-state index contributed by atoms with van der Waals surface area (Å²) in [5, 5.41) is 16.7. The number of nitrogens with one attached hydrogen (secondary N) is 1. The smallest absolute Gasteiger partial charge is 0.178 e. The van der Waals surface area contributed by atoms with E-state index in [2.05, 4.69) is 34.5 Å². The number of hydrogen-bond donors (Lipinski definition) is 1. The minimum Gasteiger partial charge on any atom is -0.381 e. The lowest BCUT2D eigenvalue weighted by molar-refractivity contribution is -0.000672. The fraction of sp³-hybridized carbons (Fsp3) is 0.688. The first-order valence-electron chi connectivity index (χ1n) is 8.39. The second kappa shape index (κ2) is 5.72. The van der Waals surface area contributed by atoms with E-state index in [0.717, 1.165) is 49.9 Å². The predicted octanol–water partition coefficient (Wildman–Crippen LogP) is 1.52. The van der Waals surface area contributed by atoms with Crippen molar-refractivity contribution in [3.63, 3.8) is 0 Å². The summed E-state index contributed by atoms with van der Waals surface area (Å²) in [5.41, 5.74) is 0.951. The van der Waals surface area contributed by atoms with Crippen LogP contribution in [0.4, 0.5) is 5.82 Å². The maximum absolute atomic E-state index is 5.53. The van der Waals surface area contributed by atoms with E-state index in [1.165, 1.54) is 12.8 Å². The average Bonchev–Trinajstić information content (AvgIpc) is 3.33. The van der Waals surface area contributed by atoms with Crippen molar-refractivity contribution >= 4 is 11.5 Å². The highest BCUT2D eigenvalue weighted by Gasteiger charge is 2.35. The molecule has 23 heavy (non-hydrogen) atoms. The molecule has 2 aromatic rings. The molecule has 7 nitrogen and oxygen atoms in total. The molecule has 2 aliphatic rings. The predicted molar refractivity (Wildman–Crippen MR) is 87.7 cm³/mol. The summed E-state index contributed by atoms with van der Waals surface area (Å²) >= 11 is 0. The lowest BCUT2D eigenvalue weighted by Gasteiger charge is -2.43. The molecule has 1 aliphatic heterocycles. The van der Waals surface area contributed by atoms with Crippen LogP contribution in [0.3, 0.4) is 0 Å². The van der Waals surface area contributed by atoms with Crippen LogP contribution < -0.4 is 5.32 Å². The number of aromatic nitrogens is 4. The quantitative estimate of drug-likeness (QED) is 0.902. The van der Waals surface area contributed by atoms with Gasteiger partial charge in [-0.25, -0.2) is 0 Å². The Labute approximate surface area is 136 Å². The first-order chi connectivity index (χ1) is 11.2. The molecule has 0 bridgehead atoms. The molecule has 0 amide bonds. The molecule has 4 rings (SSSR count). The summed E-state index contributed by atoms with van der Waals surface area (Å²) in [5.74, 6) is 2.42. The zero-order valence-corrected chi connectivity index (χ0v) is 13.8. The minimum absolute atomic E-state index is 0.126. The summed E-state index contributed by atoms with van der Waals surface area (Å²) < 4.78 is 7.43. The number of fused-ring (bicyclic) bond motifs is 1. The van der Waals surface area contributed by atoms with Gasteiger partial charge in [0.15, 0.2) is 11.5 Å². The van der Waals surface area contributed by atoms with Gasteiger partial charge in [0.05, 0.1) is 0 Å². The summed E-state index contributed by atoms with van der Waals surface area (Å²) in [6.45, 7) is 2.51. The molecule has 1 aliphatic carbocycles. The summed E-state index contributed by atoms with van der Waals surface area (Å²) in [7, 11) is 4.29. The fourth-order valence-corrected chi connectivity index (χ4v) is 3.28. The Bertz CT molecular complexity index is 687. The van der Waals surface area contributed by atoms with Gasteiger partial charge in [-0.05, 0) is 51.9 Å². The van der Waals surface area contributed by atoms with Crippen LogP contribution in [-0.4, -0.2) is 64.1 Å². The van der Waals surface area contributed by atoms with E-state index in [9.17, 15) is 0 Å². The molecule has 0 unspecified atom stereocenters. The Morgan fingerprint density at radius 2 is 2.04 bits per heavy atom. The van der Waals surface area contributed by atoms with Crippen molar-refractivity contribution in [2.24, 2.45) is 0 Å². The Hall–Kier alpha value is -1.73. The third-order valence-electron chi connectivity index (χ3n) is 5.20. The zero-order valence-electron chi connectivity index (χ0n) is 13.8. The van der Waals surface area contributed by atoms with Crippen LogP contribution in [0, 0.1) is 0 Å². The zero-order chi connectivity index (χ0) is 15.9. The highest BCUT2D eigenvalue weighted by molar-refractivity contribution is 5.44. The standard InChI is InChI=1S/C16H24N6O/c1-21(2)16(7-9-23-10-8-16)11-17-13-5-6-14-18-19-15(12-3-4-12)22(14)20-13/h5-6,12H,3-4,7-11H2,1-2H3,(H,17,20). The van der Waals surface area contributed by atoms with Gasteiger partial charge < -0.3 is 15.0 Å². The van der Waals surface area contributed by atoms with Crippen molar-refractivity contribution in [3.8, 4) is 0 Å². The van der Waals surface area contributed by atoms with Gasteiger partial charge in [-0.1, -0.05) is 0 Å². The molecule has 3 heterocycles. The third kappa shape index (κ3) is 2.79. The molecule has 124 valence electrons. The fourth-order valence-electron chi connectivity index (χ4n) is 3.28. The number of ether oxygens (including phenoxy) is 1. The van der Waals surface area contributed by atoms with E-state index in [0.29, 0.717) is 5.92 Å². The second-order valence-electron chi connectivity index (χ2n) is 6.91. The van der Waals surface area contributed by atoms with Gasteiger partial charge in [-0.2, -0.15) is 4.52 Å². The molecule has 1 N–H and O–H groups in total. The molecule has 2 aromatic heterocycles. The van der Waals surface area contributed by atoms with Gasteiger partial charge >= 0.3 is 0 Å². The van der Waals surface area contributed by atoms with Crippen LogP contribution in [0.25, 0.3) is 5.65 Å². The van der Waals surface area contributed by atoms with Gasteiger partial charge in [0.25, 0.3) is 0 Å². The van der Waals surface area contributed by atoms with Crippen LogP contribution in [-0.2, 0) is 4.74 Å². The van der Waals surface area contributed by atoms with E-state index < -0.39 is 0 Å². The van der Waals surface area contributed by atoms with Crippen LogP contribution in [0.15, 0.2) is 12.1 Å². The number of nitrogens with zero attached hydrogens (tertiary/aromatic N) is 5. The Kier molecular flexibility index (Phi) is 3.69. The molecule has 0 radical (unpaired) electrons. The van der Waals surface area contributed by atoms with Crippen molar-refractivity contribution in [2.45, 2.75) is 37.1 Å². The highest BCUT2D eigenvalue weighted by Crippen LogP contribution is 2.38. The molecule has 2 fully saturated rings. The largest absolute Gasteiger partial charge is 0.381 e. The molecule has 1 saturated heterocycles. The SMILES string of the molecule is CN(C)C1(CNc2ccc3nnc(C4CC4)n3n2)CCOCC1. The van der Waals surface area contributed by atoms with Crippen molar-refractivity contribution in [2.75, 3.05) is 39.2 Å². The number of likely N-dealkylation sites (N-methyl/N-ethyl adjacent to an activating group) is 1. The van der Waals surface area contributed by atoms with E-state index in [1.807, 2.05) is 16.6 Å². The van der Waals surface area contributed by atoms with Crippen molar-refractivity contribution in [1.82, 2.24) is 24.7 Å². The number of anilines is 1. The molecular formula is C16H24N6O. The Balaban J connectivity index is 1.53. The number of hydrogen-bond acceptors (Lipinski definition) is 6. The normalized spacial score (nSPS) is 21.0. The highest BCUT2D eigenvalue weighted by atomic mass is 16.5. The van der Waals surface area contributed by atoms with Crippen molar-refractivity contribution in [1.29, 1.82) is 0 Å². The van der Waals surface area contributed by atoms with Crippen LogP contribution in [0.2, 0.25) is 0 Å². The molecular weight excluding hydrogens is 292 g/mol. The molecule has 0 spiro atoms. The Morgan fingerprint density at radius 1 is 1.26 bits per heavy atom. The lowest BCUT2D eigenvalue weighted by atomic mass is 9.88. The molecule has 7 heteroatoms. The molecule has 0 atom stereocenters. The summed E-state index contributed by atoms with van der Waals surface area (Å²) in [6.07, 6.45) is 4.47. The van der Waals surface area contributed by atoms with E-state index >= 15 is 0 Å². The van der Waals surface area contributed by atoms with E-state index in [-0.39, 0.29) is 5.54 Å². The van der Waals surface area contributed by atoms with Gasteiger partial charge in [-0.15, -0.1) is 15.3 Å². The molecule has 1 saturated carbocycles. The first kappa shape index (κ1) is 14.8. The molecule has 0 aromatic carbocycles. The third-order valence-corrected chi connectivity index (χ3v) is 5.20. The van der Waals surface area contributed by atoms with Gasteiger partial charge in [-0.3, -0.25) is 0 Å². The van der Waals surface area contributed by atoms with E-state index in [4.69, 9.17) is 9.84 Å². The van der Waals surface area contributed by atoms with Crippen LogP contribution in [0.1, 0.15) is 37.4 Å². The van der Waals surface area contributed by atoms with Crippen molar-refractivity contribution < 1.29 is 4.74 Å². The Morgan fingerprint density at radius 3 is 2.74 bits per heavy atom. The maximum Gasteiger partial charge on any atom is 0.178 e.